The number of carboxylic acids is 1. The number of methoxy groups -OCH3 is 1. The van der Waals surface area contributed by atoms with Crippen LogP contribution in [-0.2, 0) is 0 Å². The van der Waals surface area contributed by atoms with Gasteiger partial charge < -0.3 is 14.6 Å². The zero-order valence-electron chi connectivity index (χ0n) is 8.49. The number of rotatable bonds is 4. The predicted octanol–water partition coefficient (Wildman–Crippen LogP) is 2.06. The first kappa shape index (κ1) is 12.2. The molecule has 84 valence electrons. The summed E-state index contributed by atoms with van der Waals surface area (Å²) < 4.78 is 9.98. The fourth-order valence-corrected chi connectivity index (χ4v) is 1.37. The lowest BCUT2D eigenvalue weighted by Crippen LogP contribution is -2.04. The van der Waals surface area contributed by atoms with Gasteiger partial charge in [0, 0.05) is 6.07 Å². The zero-order valence-corrected chi connectivity index (χ0v) is 9.25. The molecule has 0 heterocycles. The normalized spacial score (nSPS) is 9.31. The van der Waals surface area contributed by atoms with E-state index in [0.717, 1.165) is 0 Å². The van der Waals surface area contributed by atoms with Crippen molar-refractivity contribution in [2.75, 3.05) is 13.7 Å². The molecule has 0 unspecified atom stereocenters. The van der Waals surface area contributed by atoms with Gasteiger partial charge in [-0.1, -0.05) is 17.5 Å². The highest BCUT2D eigenvalue weighted by molar-refractivity contribution is 6.32. The Kier molecular flexibility index (Phi) is 4.03. The lowest BCUT2D eigenvalue weighted by Gasteiger charge is -2.10. The maximum absolute atomic E-state index is 11.0. The summed E-state index contributed by atoms with van der Waals surface area (Å²) in [7, 11) is 1.42. The van der Waals surface area contributed by atoms with E-state index >= 15 is 0 Å². The Labute approximate surface area is 97.7 Å². The molecule has 0 aliphatic carbocycles. The van der Waals surface area contributed by atoms with Crippen LogP contribution in [0.2, 0.25) is 5.02 Å². The summed E-state index contributed by atoms with van der Waals surface area (Å²) >= 11 is 5.86. The molecule has 0 saturated heterocycles. The maximum atomic E-state index is 11.0. The van der Waals surface area contributed by atoms with E-state index < -0.39 is 5.97 Å². The molecule has 5 heteroatoms. The minimum absolute atomic E-state index is 0.0490. The average Bonchev–Trinajstić information content (AvgIpc) is 2.26. The van der Waals surface area contributed by atoms with Crippen LogP contribution in [0.3, 0.4) is 0 Å². The van der Waals surface area contributed by atoms with E-state index in [0.29, 0.717) is 5.75 Å². The van der Waals surface area contributed by atoms with E-state index in [1.54, 1.807) is 0 Å². The molecule has 1 aromatic carbocycles. The third-order valence-corrected chi connectivity index (χ3v) is 2.06. The first-order chi connectivity index (χ1) is 7.60. The molecule has 0 aliphatic rings. The summed E-state index contributed by atoms with van der Waals surface area (Å²) in [5, 5.41) is 9.11. The van der Waals surface area contributed by atoms with Crippen molar-refractivity contribution < 1.29 is 19.4 Å². The van der Waals surface area contributed by atoms with Crippen molar-refractivity contribution in [1.29, 1.82) is 0 Å². The van der Waals surface area contributed by atoms with E-state index in [9.17, 15) is 4.79 Å². The molecular formula is C11H9ClO4. The number of halogens is 1. The van der Waals surface area contributed by atoms with Gasteiger partial charge >= 0.3 is 5.97 Å². The van der Waals surface area contributed by atoms with Crippen molar-refractivity contribution >= 4 is 17.6 Å². The molecule has 0 spiro atoms. The Morgan fingerprint density at radius 3 is 2.81 bits per heavy atom. The highest BCUT2D eigenvalue weighted by atomic mass is 35.5. The van der Waals surface area contributed by atoms with Crippen LogP contribution in [0.25, 0.3) is 0 Å². The molecule has 1 N–H and O–H groups in total. The number of aromatic carboxylic acids is 1. The second kappa shape index (κ2) is 5.29. The largest absolute Gasteiger partial charge is 0.497 e. The molecule has 0 radical (unpaired) electrons. The van der Waals surface area contributed by atoms with Crippen LogP contribution in [0.15, 0.2) is 12.1 Å². The topological polar surface area (TPSA) is 55.8 Å². The fraction of sp³-hybridized carbons (Fsp3) is 0.182. The summed E-state index contributed by atoms with van der Waals surface area (Å²) in [6, 6.07) is 2.78. The summed E-state index contributed by atoms with van der Waals surface area (Å²) in [6.07, 6.45) is 5.02. The number of hydrogen-bond acceptors (Lipinski definition) is 3. The predicted molar refractivity (Wildman–Crippen MR) is 59.3 cm³/mol. The number of carbonyl (C=O) groups is 1. The van der Waals surface area contributed by atoms with Crippen molar-refractivity contribution in [3.05, 3.63) is 22.7 Å². The van der Waals surface area contributed by atoms with E-state index in [1.165, 1.54) is 19.2 Å². The smallest absolute Gasteiger partial charge is 0.339 e. The Morgan fingerprint density at radius 1 is 1.62 bits per heavy atom. The van der Waals surface area contributed by atoms with Gasteiger partial charge in [-0.3, -0.25) is 0 Å². The molecule has 0 aromatic heterocycles. The number of carboxylic acid groups (broad SMARTS) is 1. The van der Waals surface area contributed by atoms with Crippen molar-refractivity contribution in [3.63, 3.8) is 0 Å². The third-order valence-electron chi connectivity index (χ3n) is 1.78. The zero-order chi connectivity index (χ0) is 12.1. The number of hydrogen-bond donors (Lipinski definition) is 1. The Hall–Kier alpha value is -1.86. The van der Waals surface area contributed by atoms with Crippen molar-refractivity contribution in [2.45, 2.75) is 0 Å². The highest BCUT2D eigenvalue weighted by Crippen LogP contribution is 2.33. The molecule has 16 heavy (non-hydrogen) atoms. The number of terminal acetylenes is 1. The summed E-state index contributed by atoms with van der Waals surface area (Å²) in [4.78, 5) is 11.0. The van der Waals surface area contributed by atoms with E-state index in [2.05, 4.69) is 5.92 Å². The van der Waals surface area contributed by atoms with Crippen LogP contribution < -0.4 is 9.47 Å². The molecule has 1 aromatic rings. The Balaban J connectivity index is 3.23. The van der Waals surface area contributed by atoms with Gasteiger partial charge in [0.15, 0.2) is 5.75 Å². The molecular weight excluding hydrogens is 232 g/mol. The van der Waals surface area contributed by atoms with Crippen LogP contribution in [0, 0.1) is 12.3 Å². The van der Waals surface area contributed by atoms with Gasteiger partial charge in [0.2, 0.25) is 0 Å². The van der Waals surface area contributed by atoms with Gasteiger partial charge in [0.25, 0.3) is 0 Å². The molecule has 0 atom stereocenters. The quantitative estimate of drug-likeness (QED) is 0.819. The number of ether oxygens (including phenoxy) is 2. The van der Waals surface area contributed by atoms with Gasteiger partial charge in [-0.25, -0.2) is 4.79 Å². The Bertz CT molecular complexity index is 448. The lowest BCUT2D eigenvalue weighted by molar-refractivity contribution is 0.0692. The van der Waals surface area contributed by atoms with Crippen molar-refractivity contribution in [3.8, 4) is 23.8 Å². The molecule has 0 bridgehead atoms. The van der Waals surface area contributed by atoms with E-state index in [-0.39, 0.29) is 22.9 Å². The molecule has 0 amide bonds. The van der Waals surface area contributed by atoms with Gasteiger partial charge in [0.05, 0.1) is 12.1 Å². The van der Waals surface area contributed by atoms with Crippen LogP contribution in [0.1, 0.15) is 10.4 Å². The number of benzene rings is 1. The molecule has 4 nitrogen and oxygen atoms in total. The van der Waals surface area contributed by atoms with Gasteiger partial charge in [-0.2, -0.15) is 0 Å². The molecule has 1 rings (SSSR count). The van der Waals surface area contributed by atoms with Gasteiger partial charge in [0.1, 0.15) is 17.9 Å². The first-order valence-electron chi connectivity index (χ1n) is 4.27. The summed E-state index contributed by atoms with van der Waals surface area (Å²) in [5.74, 6) is 1.47. The van der Waals surface area contributed by atoms with Crippen LogP contribution in [-0.4, -0.2) is 24.8 Å². The SMILES string of the molecule is C#CCOc1c(Cl)cc(OC)cc1C(=O)O. The average molecular weight is 241 g/mol. The monoisotopic (exact) mass is 240 g/mol. The van der Waals surface area contributed by atoms with Crippen LogP contribution in [0.4, 0.5) is 0 Å². The van der Waals surface area contributed by atoms with E-state index in [4.69, 9.17) is 32.6 Å². The second-order valence-corrected chi connectivity index (χ2v) is 3.19. The van der Waals surface area contributed by atoms with Gasteiger partial charge in [-0.05, 0) is 6.07 Å². The first-order valence-corrected chi connectivity index (χ1v) is 4.65. The summed E-state index contributed by atoms with van der Waals surface area (Å²) in [6.45, 7) is -0.0493. The van der Waals surface area contributed by atoms with Crippen LogP contribution in [0.5, 0.6) is 11.5 Å². The minimum Gasteiger partial charge on any atom is -0.497 e. The Morgan fingerprint density at radius 2 is 2.31 bits per heavy atom. The molecule has 0 aliphatic heterocycles. The van der Waals surface area contributed by atoms with Crippen LogP contribution >= 0.6 is 11.6 Å². The minimum atomic E-state index is -1.16. The second-order valence-electron chi connectivity index (χ2n) is 2.78. The lowest BCUT2D eigenvalue weighted by atomic mass is 10.2. The van der Waals surface area contributed by atoms with Crippen molar-refractivity contribution in [1.82, 2.24) is 0 Å². The highest BCUT2D eigenvalue weighted by Gasteiger charge is 2.17. The standard InChI is InChI=1S/C11H9ClO4/c1-3-4-16-10-8(11(13)14)5-7(15-2)6-9(10)12/h1,5-6H,4H2,2H3,(H,13,14). The van der Waals surface area contributed by atoms with E-state index in [1.807, 2.05) is 0 Å². The van der Waals surface area contributed by atoms with Crippen molar-refractivity contribution in [2.24, 2.45) is 0 Å². The fourth-order valence-electron chi connectivity index (χ4n) is 1.11. The van der Waals surface area contributed by atoms with Gasteiger partial charge in [-0.15, -0.1) is 6.42 Å². The maximum Gasteiger partial charge on any atom is 0.339 e. The summed E-state index contributed by atoms with van der Waals surface area (Å²) in [5.41, 5.74) is -0.0837. The molecule has 0 fully saturated rings. The molecule has 0 saturated carbocycles. The third kappa shape index (κ3) is 2.59.